The summed E-state index contributed by atoms with van der Waals surface area (Å²) < 4.78 is 24.1. The molecule has 1 aliphatic heterocycles. The van der Waals surface area contributed by atoms with Gasteiger partial charge in [-0.2, -0.15) is 0 Å². The van der Waals surface area contributed by atoms with Gasteiger partial charge in [-0.15, -0.1) is 0 Å². The number of nitrogens with zero attached hydrogens (tertiary/aromatic N) is 2. The Kier molecular flexibility index (Phi) is 5.01. The molecule has 2 heterocycles. The number of ether oxygens (including phenoxy) is 2. The molecule has 1 amide bonds. The molecule has 1 aromatic heterocycles. The van der Waals surface area contributed by atoms with Crippen molar-refractivity contribution in [3.63, 3.8) is 0 Å². The SMILES string of the molecule is O=C(Nc1ccc2c(c1)OCO2)c1cnc(NCCc2ccccc2F)nc1. The lowest BCUT2D eigenvalue weighted by molar-refractivity contribution is 0.102. The first-order chi connectivity index (χ1) is 13.7. The first-order valence-electron chi connectivity index (χ1n) is 8.69. The number of benzene rings is 2. The van der Waals surface area contributed by atoms with Gasteiger partial charge in [0, 0.05) is 30.7 Å². The van der Waals surface area contributed by atoms with Gasteiger partial charge in [0.15, 0.2) is 11.5 Å². The average molecular weight is 380 g/mol. The Hall–Kier alpha value is -3.68. The fourth-order valence-corrected chi connectivity index (χ4v) is 2.72. The maximum atomic E-state index is 13.6. The summed E-state index contributed by atoms with van der Waals surface area (Å²) in [5.74, 6) is 1.03. The Morgan fingerprint density at radius 3 is 2.68 bits per heavy atom. The summed E-state index contributed by atoms with van der Waals surface area (Å²) in [6.07, 6.45) is 3.36. The molecule has 4 rings (SSSR count). The van der Waals surface area contributed by atoms with Crippen molar-refractivity contribution in [3.8, 4) is 11.5 Å². The molecule has 0 unspecified atom stereocenters. The molecule has 0 spiro atoms. The third-order valence-electron chi connectivity index (χ3n) is 4.18. The summed E-state index contributed by atoms with van der Waals surface area (Å²) >= 11 is 0. The van der Waals surface area contributed by atoms with E-state index < -0.39 is 0 Å². The van der Waals surface area contributed by atoms with Gasteiger partial charge in [0.05, 0.1) is 5.56 Å². The molecule has 0 atom stereocenters. The fraction of sp³-hybridized carbons (Fsp3) is 0.150. The highest BCUT2D eigenvalue weighted by Crippen LogP contribution is 2.34. The second-order valence-corrected chi connectivity index (χ2v) is 6.09. The fourth-order valence-electron chi connectivity index (χ4n) is 2.72. The molecule has 0 radical (unpaired) electrons. The summed E-state index contributed by atoms with van der Waals surface area (Å²) in [4.78, 5) is 20.6. The van der Waals surface area contributed by atoms with Crippen LogP contribution in [0.5, 0.6) is 11.5 Å². The van der Waals surface area contributed by atoms with Crippen LogP contribution in [0.1, 0.15) is 15.9 Å². The van der Waals surface area contributed by atoms with E-state index in [0.29, 0.717) is 47.2 Å². The van der Waals surface area contributed by atoms with E-state index in [1.165, 1.54) is 18.5 Å². The number of carbonyl (C=O) groups excluding carboxylic acids is 1. The van der Waals surface area contributed by atoms with Crippen LogP contribution in [0.25, 0.3) is 0 Å². The largest absolute Gasteiger partial charge is 0.454 e. The average Bonchev–Trinajstić information content (AvgIpc) is 3.18. The number of hydrogen-bond acceptors (Lipinski definition) is 6. The molecule has 0 saturated carbocycles. The topological polar surface area (TPSA) is 85.4 Å². The molecule has 2 N–H and O–H groups in total. The van der Waals surface area contributed by atoms with Gasteiger partial charge >= 0.3 is 0 Å². The summed E-state index contributed by atoms with van der Waals surface area (Å²) in [5.41, 5.74) is 1.52. The maximum Gasteiger partial charge on any atom is 0.258 e. The lowest BCUT2D eigenvalue weighted by atomic mass is 10.1. The van der Waals surface area contributed by atoms with E-state index in [2.05, 4.69) is 20.6 Å². The highest BCUT2D eigenvalue weighted by molar-refractivity contribution is 6.04. The van der Waals surface area contributed by atoms with Gasteiger partial charge in [0.1, 0.15) is 5.82 Å². The first-order valence-corrected chi connectivity index (χ1v) is 8.69. The number of carbonyl (C=O) groups is 1. The van der Waals surface area contributed by atoms with Crippen LogP contribution in [-0.4, -0.2) is 29.2 Å². The van der Waals surface area contributed by atoms with Crippen LogP contribution in [-0.2, 0) is 6.42 Å². The van der Waals surface area contributed by atoms with Crippen LogP contribution in [0.15, 0.2) is 54.9 Å². The standard InChI is InChI=1S/C20H17FN4O3/c21-16-4-2-1-3-13(16)7-8-22-20-23-10-14(11-24-20)19(26)25-15-5-6-17-18(9-15)28-12-27-17/h1-6,9-11H,7-8,12H2,(H,25,26)(H,22,23,24). The Morgan fingerprint density at radius 2 is 1.86 bits per heavy atom. The first kappa shape index (κ1) is 17.7. The van der Waals surface area contributed by atoms with Crippen molar-refractivity contribution < 1.29 is 18.7 Å². The Morgan fingerprint density at radius 1 is 1.07 bits per heavy atom. The lowest BCUT2D eigenvalue weighted by Crippen LogP contribution is -2.14. The van der Waals surface area contributed by atoms with Crippen molar-refractivity contribution >= 4 is 17.5 Å². The van der Waals surface area contributed by atoms with Crippen LogP contribution < -0.4 is 20.1 Å². The molecule has 8 heteroatoms. The monoisotopic (exact) mass is 380 g/mol. The van der Waals surface area contributed by atoms with Gasteiger partial charge in [-0.3, -0.25) is 4.79 Å². The molecular formula is C20H17FN4O3. The Labute approximate surface area is 160 Å². The summed E-state index contributed by atoms with van der Waals surface area (Å²) in [6, 6.07) is 11.8. The Balaban J connectivity index is 1.32. The van der Waals surface area contributed by atoms with Crippen molar-refractivity contribution in [2.24, 2.45) is 0 Å². The predicted octanol–water partition coefficient (Wildman–Crippen LogP) is 3.25. The van der Waals surface area contributed by atoms with E-state index in [9.17, 15) is 9.18 Å². The van der Waals surface area contributed by atoms with E-state index in [4.69, 9.17) is 9.47 Å². The van der Waals surface area contributed by atoms with Crippen molar-refractivity contribution in [1.29, 1.82) is 0 Å². The third kappa shape index (κ3) is 4.01. The second kappa shape index (κ2) is 7.91. The number of hydrogen-bond donors (Lipinski definition) is 2. The number of fused-ring (bicyclic) bond motifs is 1. The zero-order valence-corrected chi connectivity index (χ0v) is 14.8. The highest BCUT2D eigenvalue weighted by Gasteiger charge is 2.15. The number of aromatic nitrogens is 2. The zero-order chi connectivity index (χ0) is 19.3. The maximum absolute atomic E-state index is 13.6. The van der Waals surface area contributed by atoms with Crippen LogP contribution in [0, 0.1) is 5.82 Å². The van der Waals surface area contributed by atoms with Gasteiger partial charge in [-0.1, -0.05) is 18.2 Å². The smallest absolute Gasteiger partial charge is 0.258 e. The summed E-state index contributed by atoms with van der Waals surface area (Å²) in [6.45, 7) is 0.648. The molecule has 142 valence electrons. The molecule has 0 bridgehead atoms. The van der Waals surface area contributed by atoms with Crippen molar-refractivity contribution in [2.75, 3.05) is 24.0 Å². The lowest BCUT2D eigenvalue weighted by Gasteiger charge is -2.08. The van der Waals surface area contributed by atoms with E-state index in [0.717, 1.165) is 0 Å². The number of halogens is 1. The van der Waals surface area contributed by atoms with E-state index in [1.54, 1.807) is 36.4 Å². The molecule has 0 aliphatic carbocycles. The van der Waals surface area contributed by atoms with Crippen LogP contribution in [0.3, 0.4) is 0 Å². The Bertz CT molecular complexity index is 995. The van der Waals surface area contributed by atoms with Crippen molar-refractivity contribution in [2.45, 2.75) is 6.42 Å². The second-order valence-electron chi connectivity index (χ2n) is 6.09. The van der Waals surface area contributed by atoms with E-state index >= 15 is 0 Å². The molecule has 0 fully saturated rings. The normalized spacial score (nSPS) is 11.9. The highest BCUT2D eigenvalue weighted by atomic mass is 19.1. The molecule has 7 nitrogen and oxygen atoms in total. The number of nitrogens with one attached hydrogen (secondary N) is 2. The minimum Gasteiger partial charge on any atom is -0.454 e. The number of anilines is 2. The molecule has 28 heavy (non-hydrogen) atoms. The molecule has 0 saturated heterocycles. The summed E-state index contributed by atoms with van der Waals surface area (Å²) in [7, 11) is 0. The molecule has 2 aromatic carbocycles. The van der Waals surface area contributed by atoms with Gasteiger partial charge in [0.2, 0.25) is 12.7 Å². The van der Waals surface area contributed by atoms with Crippen LogP contribution in [0.2, 0.25) is 0 Å². The minimum atomic E-state index is -0.336. The van der Waals surface area contributed by atoms with Gasteiger partial charge < -0.3 is 20.1 Å². The molecular weight excluding hydrogens is 363 g/mol. The van der Waals surface area contributed by atoms with E-state index in [-0.39, 0.29) is 18.5 Å². The molecule has 3 aromatic rings. The molecule has 1 aliphatic rings. The van der Waals surface area contributed by atoms with Crippen molar-refractivity contribution in [1.82, 2.24) is 9.97 Å². The van der Waals surface area contributed by atoms with Gasteiger partial charge in [0.25, 0.3) is 5.91 Å². The number of amides is 1. The zero-order valence-electron chi connectivity index (χ0n) is 14.8. The quantitative estimate of drug-likeness (QED) is 0.683. The van der Waals surface area contributed by atoms with Gasteiger partial charge in [-0.25, -0.2) is 14.4 Å². The summed E-state index contributed by atoms with van der Waals surface area (Å²) in [5, 5.41) is 5.78. The third-order valence-corrected chi connectivity index (χ3v) is 4.18. The van der Waals surface area contributed by atoms with Crippen molar-refractivity contribution in [3.05, 3.63) is 71.8 Å². The van der Waals surface area contributed by atoms with Crippen LogP contribution in [0.4, 0.5) is 16.0 Å². The minimum absolute atomic E-state index is 0.173. The van der Waals surface area contributed by atoms with E-state index in [1.807, 2.05) is 0 Å². The predicted molar refractivity (Wildman–Crippen MR) is 101 cm³/mol. The van der Waals surface area contributed by atoms with Crippen LogP contribution >= 0.6 is 0 Å². The number of rotatable bonds is 6. The van der Waals surface area contributed by atoms with Gasteiger partial charge in [-0.05, 0) is 30.2 Å².